The number of likely N-dealkylation sites (N-methyl/N-ethyl adjacent to an activating group) is 3. The Hall–Kier alpha value is -8.36. The number of piperazine rings is 2. The quantitative estimate of drug-likeness (QED) is 0.0712. The van der Waals surface area contributed by atoms with Gasteiger partial charge in [-0.3, -0.25) is 19.4 Å². The van der Waals surface area contributed by atoms with Crippen LogP contribution in [-0.2, 0) is 35.5 Å². The summed E-state index contributed by atoms with van der Waals surface area (Å²) >= 11 is 0. The van der Waals surface area contributed by atoms with Crippen LogP contribution < -0.4 is 29.1 Å². The van der Waals surface area contributed by atoms with Gasteiger partial charge in [-0.25, -0.2) is 0 Å². The van der Waals surface area contributed by atoms with Crippen LogP contribution in [0.2, 0.25) is 0 Å². The molecule has 19 nitrogen and oxygen atoms in total. The molecule has 0 spiro atoms. The van der Waals surface area contributed by atoms with Gasteiger partial charge in [0.25, 0.3) is 0 Å². The Morgan fingerprint density at radius 1 is 0.636 bits per heavy atom. The molecule has 6 aliphatic rings. The number of amides is 2. The maximum Gasteiger partial charge on any atom is 0.318 e. The van der Waals surface area contributed by atoms with Crippen molar-refractivity contribution in [1.29, 1.82) is 10.5 Å². The third kappa shape index (κ3) is 12.7. The largest absolute Gasteiger partial charge is 0.462 e. The van der Waals surface area contributed by atoms with Crippen molar-refractivity contribution in [3.05, 3.63) is 132 Å². The third-order valence-electron chi connectivity index (χ3n) is 19.2. The number of fused-ring (bicyclic) bond motifs is 4. The second-order valence-corrected chi connectivity index (χ2v) is 24.7. The van der Waals surface area contributed by atoms with Crippen molar-refractivity contribution in [2.75, 3.05) is 132 Å². The average molecular weight is 1190 g/mol. The minimum Gasteiger partial charge on any atom is -0.462 e. The molecule has 6 aromatic rings. The van der Waals surface area contributed by atoms with Crippen LogP contribution in [0.5, 0.6) is 12.0 Å². The molecule has 458 valence electrons. The molecule has 0 saturated carbocycles. The summed E-state index contributed by atoms with van der Waals surface area (Å²) in [7, 11) is 3.95. The number of likely N-dealkylation sites (tertiary alicyclic amines) is 2. The Balaban J connectivity index is 0.808. The number of nitrogens with zero attached hydrogens (tertiary/aromatic N) is 15. The van der Waals surface area contributed by atoms with Gasteiger partial charge in [0.05, 0.1) is 61.5 Å². The topological polar surface area (TPSA) is 181 Å². The van der Waals surface area contributed by atoms with Crippen LogP contribution in [0.4, 0.5) is 23.0 Å². The highest BCUT2D eigenvalue weighted by molar-refractivity contribution is 5.96. The maximum absolute atomic E-state index is 13.6. The van der Waals surface area contributed by atoms with E-state index in [1.54, 1.807) is 11.0 Å². The van der Waals surface area contributed by atoms with Gasteiger partial charge in [0, 0.05) is 117 Å². The minimum absolute atomic E-state index is 0.0694. The molecule has 4 saturated heterocycles. The van der Waals surface area contributed by atoms with Gasteiger partial charge in [0.1, 0.15) is 24.8 Å². The summed E-state index contributed by atoms with van der Waals surface area (Å²) in [5.41, 5.74) is 7.70. The van der Waals surface area contributed by atoms with Crippen LogP contribution >= 0.6 is 0 Å². The smallest absolute Gasteiger partial charge is 0.318 e. The fraction of sp³-hybridized carbons (Fsp3) is 0.478. The first-order chi connectivity index (χ1) is 43.0. The van der Waals surface area contributed by atoms with Crippen LogP contribution in [-0.4, -0.2) is 193 Å². The molecular formula is C69H83N15O4. The van der Waals surface area contributed by atoms with E-state index >= 15 is 0 Å². The van der Waals surface area contributed by atoms with E-state index in [9.17, 15) is 20.1 Å². The van der Waals surface area contributed by atoms with E-state index < -0.39 is 0 Å². The predicted molar refractivity (Wildman–Crippen MR) is 345 cm³/mol. The molecule has 0 radical (unpaired) electrons. The summed E-state index contributed by atoms with van der Waals surface area (Å²) in [5, 5.41) is 24.7. The van der Waals surface area contributed by atoms with Crippen molar-refractivity contribution >= 4 is 56.4 Å². The highest BCUT2D eigenvalue weighted by atomic mass is 16.5. The summed E-state index contributed by atoms with van der Waals surface area (Å²) < 4.78 is 13.5. The number of hydrogen-bond donors (Lipinski definition) is 0. The second-order valence-electron chi connectivity index (χ2n) is 24.7. The van der Waals surface area contributed by atoms with Gasteiger partial charge in [0.15, 0.2) is 0 Å². The molecule has 19 heteroatoms. The fourth-order valence-corrected chi connectivity index (χ4v) is 14.6. The van der Waals surface area contributed by atoms with Crippen LogP contribution in [0.15, 0.2) is 104 Å². The van der Waals surface area contributed by atoms with Gasteiger partial charge < -0.3 is 43.8 Å². The lowest BCUT2D eigenvalue weighted by molar-refractivity contribution is -0.129. The van der Waals surface area contributed by atoms with Crippen LogP contribution in [0, 0.1) is 22.7 Å². The number of ether oxygens (including phenoxy) is 2. The van der Waals surface area contributed by atoms with E-state index in [2.05, 4.69) is 141 Å². The first-order valence-electron chi connectivity index (χ1n) is 31.8. The number of hydrogen-bond acceptors (Lipinski definition) is 17. The molecule has 2 aromatic heterocycles. The summed E-state index contributed by atoms with van der Waals surface area (Å²) in [6.07, 6.45) is 9.87. The van der Waals surface area contributed by atoms with Gasteiger partial charge in [-0.1, -0.05) is 93.2 Å². The van der Waals surface area contributed by atoms with E-state index in [0.717, 1.165) is 106 Å². The Bertz CT molecular complexity index is 3650. The van der Waals surface area contributed by atoms with Crippen LogP contribution in [0.3, 0.4) is 0 Å². The number of aromatic nitrogens is 4. The lowest BCUT2D eigenvalue weighted by Gasteiger charge is -2.42. The van der Waals surface area contributed by atoms with E-state index in [4.69, 9.17) is 29.4 Å². The van der Waals surface area contributed by atoms with Gasteiger partial charge in [-0.15, -0.1) is 0 Å². The zero-order chi connectivity index (χ0) is 60.8. The number of carbonyl (C=O) groups is 2. The first kappa shape index (κ1) is 59.9. The normalized spacial score (nSPS) is 21.7. The lowest BCUT2D eigenvalue weighted by Crippen LogP contribution is -2.55. The molecule has 6 aliphatic heterocycles. The molecular weight excluding hydrogens is 1100 g/mol. The molecule has 1 unspecified atom stereocenters. The van der Waals surface area contributed by atoms with Crippen molar-refractivity contribution in [3.63, 3.8) is 0 Å². The van der Waals surface area contributed by atoms with E-state index in [1.165, 1.54) is 44.6 Å². The van der Waals surface area contributed by atoms with Crippen LogP contribution in [0.1, 0.15) is 79.9 Å². The van der Waals surface area contributed by atoms with Crippen molar-refractivity contribution in [2.45, 2.75) is 102 Å². The molecule has 4 fully saturated rings. The van der Waals surface area contributed by atoms with E-state index in [-0.39, 0.29) is 48.7 Å². The molecule has 0 N–H and O–H groups in total. The van der Waals surface area contributed by atoms with Crippen molar-refractivity contribution < 1.29 is 19.1 Å². The number of carbonyl (C=O) groups excluding carboxylic acids is 2. The summed E-state index contributed by atoms with van der Waals surface area (Å²) in [6, 6.07) is 33.7. The number of anilines is 4. The third-order valence-corrected chi connectivity index (χ3v) is 19.2. The SMILES string of the molecule is C=CC(=O)N1CCN(c2nc(OC[C@@H]3CC(c4cc(N5CCc6c(nc(OC[C@@H]7CCCN7CC)nc6N6CCN(C(=O)/C=C/CN(C)C)[C@@H](CC#N)C6)C5)c5ccccc5c4)CN3CC)nc3c2CCN(c2cccc4ccccc24)C3)C[C@@H]1CC#N. The molecule has 0 bridgehead atoms. The molecule has 88 heavy (non-hydrogen) atoms. The highest BCUT2D eigenvalue weighted by Crippen LogP contribution is 2.41. The standard InChI is InChI=1S/C69H83N15O4/c1-6-64(85)83-36-34-81(42-52(83)24-28-70)66-58-26-32-79(62-22-13-18-48-16-9-11-20-56(48)62)44-60(58)72-69(75-66)88-47-55-39-51(41-78(55)8-3)50-38-49-17-10-12-21-57(49)63(40-50)80-33-27-59-61(45-80)73-68(87-46-54-19-14-31-77(54)7-2)74-67(59)82-35-37-84(53(43-82)25-29-71)65(86)23-15-30-76(4)5/h6,9-13,15-18,20-23,38,40,51-55H,1,7-8,14,19,24-27,30-37,39,41-47H2,2-5H3/b23-15+/t51?,52-,53-,54-,55-/m0/s1. The van der Waals surface area contributed by atoms with E-state index in [1.807, 2.05) is 30.0 Å². The molecule has 2 amide bonds. The summed E-state index contributed by atoms with van der Waals surface area (Å²) in [4.78, 5) is 67.6. The number of benzene rings is 4. The molecule has 5 atom stereocenters. The van der Waals surface area contributed by atoms with Gasteiger partial charge in [-0.05, 0) is 106 Å². The Morgan fingerprint density at radius 3 is 1.83 bits per heavy atom. The molecule has 12 rings (SSSR count). The van der Waals surface area contributed by atoms with Gasteiger partial charge in [0.2, 0.25) is 11.8 Å². The number of nitriles is 2. The lowest BCUT2D eigenvalue weighted by atomic mass is 9.92. The van der Waals surface area contributed by atoms with Crippen molar-refractivity contribution in [1.82, 2.24) is 44.4 Å². The maximum atomic E-state index is 13.6. The monoisotopic (exact) mass is 1190 g/mol. The summed E-state index contributed by atoms with van der Waals surface area (Å²) in [5.74, 6) is 1.67. The predicted octanol–water partition coefficient (Wildman–Crippen LogP) is 7.98. The van der Waals surface area contributed by atoms with Crippen LogP contribution in [0.25, 0.3) is 21.5 Å². The Labute approximate surface area is 518 Å². The van der Waals surface area contributed by atoms with Crippen molar-refractivity contribution in [2.24, 2.45) is 0 Å². The highest BCUT2D eigenvalue weighted by Gasteiger charge is 2.38. The fourth-order valence-electron chi connectivity index (χ4n) is 14.6. The van der Waals surface area contributed by atoms with Gasteiger partial charge in [-0.2, -0.15) is 30.5 Å². The van der Waals surface area contributed by atoms with Crippen molar-refractivity contribution in [3.8, 4) is 24.2 Å². The minimum atomic E-state index is -0.305. The average Bonchev–Trinajstić information content (AvgIpc) is 1.36. The zero-order valence-electron chi connectivity index (χ0n) is 51.6. The number of rotatable bonds is 19. The first-order valence-corrected chi connectivity index (χ1v) is 31.8. The molecule has 4 aromatic carbocycles. The summed E-state index contributed by atoms with van der Waals surface area (Å²) in [6.45, 7) is 19.3. The second kappa shape index (κ2) is 26.9. The van der Waals surface area contributed by atoms with Gasteiger partial charge >= 0.3 is 12.0 Å². The molecule has 0 aliphatic carbocycles. The Morgan fingerprint density at radius 2 is 1.22 bits per heavy atom. The van der Waals surface area contributed by atoms with E-state index in [0.29, 0.717) is 90.2 Å². The molecule has 8 heterocycles. The Kier molecular flexibility index (Phi) is 18.4. The zero-order valence-corrected chi connectivity index (χ0v) is 51.6.